The summed E-state index contributed by atoms with van der Waals surface area (Å²) in [5.41, 5.74) is 5.79. The first-order chi connectivity index (χ1) is 10.5. The van der Waals surface area contributed by atoms with Gasteiger partial charge in [0.25, 0.3) is 11.6 Å². The molecule has 4 rings (SSSR count). The number of fused-ring (bicyclic) bond motifs is 1. The molecule has 2 aromatic heterocycles. The Morgan fingerprint density at radius 1 is 1.35 bits per heavy atom. The summed E-state index contributed by atoms with van der Waals surface area (Å²) in [5.74, 6) is 0.952. The summed E-state index contributed by atoms with van der Waals surface area (Å²) >= 11 is 1.46. The van der Waals surface area contributed by atoms with Gasteiger partial charge in [0.1, 0.15) is 0 Å². The predicted octanol–water partition coefficient (Wildman–Crippen LogP) is 3.62. The molecular formula is C14H13ClN4O3S. The molecule has 1 aliphatic carbocycles. The van der Waals surface area contributed by atoms with E-state index >= 15 is 0 Å². The first kappa shape index (κ1) is 15.9. The number of aromatic nitrogens is 2. The molecule has 2 N–H and O–H groups in total. The van der Waals surface area contributed by atoms with Crippen LogP contribution in [-0.2, 0) is 5.54 Å². The highest BCUT2D eigenvalue weighted by Crippen LogP contribution is 2.39. The maximum Gasteiger partial charge on any atom is 0.270 e. The van der Waals surface area contributed by atoms with Gasteiger partial charge in [-0.2, -0.15) is 4.98 Å². The zero-order valence-corrected chi connectivity index (χ0v) is 13.5. The van der Waals surface area contributed by atoms with Gasteiger partial charge in [-0.15, -0.1) is 23.7 Å². The molecule has 0 bridgehead atoms. The summed E-state index contributed by atoms with van der Waals surface area (Å²) < 4.78 is 6.25. The molecule has 1 aromatic carbocycles. The van der Waals surface area contributed by atoms with Gasteiger partial charge in [0, 0.05) is 22.2 Å². The van der Waals surface area contributed by atoms with Crippen molar-refractivity contribution >= 4 is 39.5 Å². The summed E-state index contributed by atoms with van der Waals surface area (Å²) in [7, 11) is 0. The zero-order valence-electron chi connectivity index (χ0n) is 11.9. The number of nitrogens with two attached hydrogens (primary N) is 1. The molecule has 1 fully saturated rings. The Labute approximate surface area is 141 Å². The van der Waals surface area contributed by atoms with E-state index in [0.29, 0.717) is 11.7 Å². The molecule has 1 aliphatic rings. The fourth-order valence-electron chi connectivity index (χ4n) is 2.56. The van der Waals surface area contributed by atoms with E-state index in [4.69, 9.17) is 10.3 Å². The number of hydrogen-bond donors (Lipinski definition) is 1. The molecule has 120 valence electrons. The van der Waals surface area contributed by atoms with Crippen molar-refractivity contribution in [1.29, 1.82) is 0 Å². The van der Waals surface area contributed by atoms with Crippen LogP contribution in [0.1, 0.15) is 25.1 Å². The molecule has 0 aliphatic heterocycles. The first-order valence-electron chi connectivity index (χ1n) is 6.87. The lowest BCUT2D eigenvalue weighted by Gasteiger charge is -2.34. The van der Waals surface area contributed by atoms with E-state index in [9.17, 15) is 10.1 Å². The number of nitrogens with zero attached hydrogens (tertiary/aromatic N) is 3. The van der Waals surface area contributed by atoms with Crippen LogP contribution in [-0.4, -0.2) is 15.1 Å². The molecular weight excluding hydrogens is 340 g/mol. The van der Waals surface area contributed by atoms with E-state index in [0.717, 1.165) is 34.2 Å². The van der Waals surface area contributed by atoms with Gasteiger partial charge in [-0.05, 0) is 31.4 Å². The second kappa shape index (κ2) is 5.55. The monoisotopic (exact) mass is 352 g/mol. The third kappa shape index (κ3) is 2.58. The molecule has 0 unspecified atom stereocenters. The normalized spacial score (nSPS) is 15.9. The maximum atomic E-state index is 10.8. The van der Waals surface area contributed by atoms with E-state index < -0.39 is 10.5 Å². The zero-order chi connectivity index (χ0) is 15.3. The number of hydrogen-bond acceptors (Lipinski definition) is 7. The fourth-order valence-corrected chi connectivity index (χ4v) is 3.52. The Morgan fingerprint density at radius 2 is 2.13 bits per heavy atom. The molecule has 7 nitrogen and oxygen atoms in total. The van der Waals surface area contributed by atoms with E-state index in [2.05, 4.69) is 10.1 Å². The van der Waals surface area contributed by atoms with Gasteiger partial charge < -0.3 is 10.3 Å². The van der Waals surface area contributed by atoms with Gasteiger partial charge in [-0.3, -0.25) is 10.1 Å². The van der Waals surface area contributed by atoms with Crippen molar-refractivity contribution < 1.29 is 9.45 Å². The van der Waals surface area contributed by atoms with E-state index in [1.54, 1.807) is 12.1 Å². The number of nitro benzene ring substituents is 1. The van der Waals surface area contributed by atoms with Crippen LogP contribution in [0.25, 0.3) is 20.9 Å². The van der Waals surface area contributed by atoms with Crippen LogP contribution < -0.4 is 5.73 Å². The van der Waals surface area contributed by atoms with Crippen LogP contribution >= 0.6 is 23.7 Å². The van der Waals surface area contributed by atoms with E-state index in [1.807, 2.05) is 6.07 Å². The molecule has 0 saturated heterocycles. The number of rotatable bonds is 3. The lowest BCUT2D eigenvalue weighted by atomic mass is 9.77. The third-order valence-electron chi connectivity index (χ3n) is 4.04. The predicted molar refractivity (Wildman–Crippen MR) is 88.7 cm³/mol. The minimum Gasteiger partial charge on any atom is -0.333 e. The highest BCUT2D eigenvalue weighted by Gasteiger charge is 2.39. The Kier molecular flexibility index (Phi) is 3.83. The van der Waals surface area contributed by atoms with Crippen LogP contribution in [0.4, 0.5) is 5.69 Å². The smallest absolute Gasteiger partial charge is 0.270 e. The van der Waals surface area contributed by atoms with Crippen LogP contribution in [0.2, 0.25) is 0 Å². The Bertz CT molecular complexity index is 887. The van der Waals surface area contributed by atoms with Crippen molar-refractivity contribution in [3.05, 3.63) is 40.2 Å². The van der Waals surface area contributed by atoms with Gasteiger partial charge in [0.2, 0.25) is 0 Å². The summed E-state index contributed by atoms with van der Waals surface area (Å²) in [6.07, 6.45) is 2.81. The molecule has 1 saturated carbocycles. The molecule has 0 amide bonds. The number of benzene rings is 1. The van der Waals surface area contributed by atoms with Gasteiger partial charge in [-0.1, -0.05) is 5.16 Å². The van der Waals surface area contributed by atoms with Crippen LogP contribution in [0.5, 0.6) is 0 Å². The maximum absolute atomic E-state index is 10.8. The van der Waals surface area contributed by atoms with Crippen LogP contribution in [0.3, 0.4) is 0 Å². The number of thiophene rings is 1. The second-order valence-electron chi connectivity index (χ2n) is 5.52. The fraction of sp³-hybridized carbons (Fsp3) is 0.286. The SMILES string of the molecule is Cl.NC1(c2noc(-c3cc4cc([N+](=O)[O-])ccc4s3)n2)CCC1. The number of non-ortho nitro benzene ring substituents is 1. The van der Waals surface area contributed by atoms with Crippen molar-refractivity contribution in [3.8, 4) is 10.8 Å². The highest BCUT2D eigenvalue weighted by molar-refractivity contribution is 7.22. The van der Waals surface area contributed by atoms with Gasteiger partial charge in [0.05, 0.1) is 15.3 Å². The van der Waals surface area contributed by atoms with E-state index in [-0.39, 0.29) is 18.1 Å². The molecule has 0 spiro atoms. The van der Waals surface area contributed by atoms with Gasteiger partial charge in [0.15, 0.2) is 5.82 Å². The molecule has 9 heteroatoms. The van der Waals surface area contributed by atoms with Crippen molar-refractivity contribution in [2.75, 3.05) is 0 Å². The second-order valence-corrected chi connectivity index (χ2v) is 6.61. The van der Waals surface area contributed by atoms with E-state index in [1.165, 1.54) is 17.4 Å². The summed E-state index contributed by atoms with van der Waals surface area (Å²) in [6.45, 7) is 0. The Balaban J connectivity index is 0.00000156. The first-order valence-corrected chi connectivity index (χ1v) is 7.68. The van der Waals surface area contributed by atoms with Crippen molar-refractivity contribution in [1.82, 2.24) is 10.1 Å². The summed E-state index contributed by atoms with van der Waals surface area (Å²) in [5, 5.41) is 15.6. The average molecular weight is 353 g/mol. The topological polar surface area (TPSA) is 108 Å². The van der Waals surface area contributed by atoms with Crippen molar-refractivity contribution in [3.63, 3.8) is 0 Å². The minimum atomic E-state index is -0.461. The summed E-state index contributed by atoms with van der Waals surface area (Å²) in [4.78, 5) is 15.6. The van der Waals surface area contributed by atoms with Crippen molar-refractivity contribution in [2.24, 2.45) is 5.73 Å². The third-order valence-corrected chi connectivity index (χ3v) is 5.14. The average Bonchev–Trinajstić information content (AvgIpc) is 3.10. The highest BCUT2D eigenvalue weighted by atomic mass is 35.5. The molecule has 23 heavy (non-hydrogen) atoms. The minimum absolute atomic E-state index is 0. The summed E-state index contributed by atoms with van der Waals surface area (Å²) in [6, 6.07) is 6.59. The Morgan fingerprint density at radius 3 is 2.78 bits per heavy atom. The van der Waals surface area contributed by atoms with Gasteiger partial charge >= 0.3 is 0 Å². The molecule has 2 heterocycles. The lowest BCUT2D eigenvalue weighted by Crippen LogP contribution is -2.44. The molecule has 0 atom stereocenters. The molecule has 3 aromatic rings. The lowest BCUT2D eigenvalue weighted by molar-refractivity contribution is -0.384. The number of halogens is 1. The largest absolute Gasteiger partial charge is 0.333 e. The molecule has 0 radical (unpaired) electrons. The van der Waals surface area contributed by atoms with Crippen LogP contribution in [0, 0.1) is 10.1 Å². The van der Waals surface area contributed by atoms with Gasteiger partial charge in [-0.25, -0.2) is 0 Å². The standard InChI is InChI=1S/C14H12N4O3S.ClH/c15-14(4-1-5-14)13-16-12(21-17-13)11-7-8-6-9(18(19)20)2-3-10(8)22-11;/h2-3,6-7H,1,4-5,15H2;1H. The Hall–Kier alpha value is -2.03. The number of nitro groups is 1. The quantitative estimate of drug-likeness (QED) is 0.569. The van der Waals surface area contributed by atoms with Crippen molar-refractivity contribution in [2.45, 2.75) is 24.8 Å². The van der Waals surface area contributed by atoms with Crippen LogP contribution in [0.15, 0.2) is 28.8 Å².